The first-order valence-electron chi connectivity index (χ1n) is 11.2. The van der Waals surface area contributed by atoms with Gasteiger partial charge in [-0.1, -0.05) is 24.6 Å². The largest absolute Gasteiger partial charge is 0.462 e. The molecule has 170 valence electrons. The van der Waals surface area contributed by atoms with Gasteiger partial charge in [0, 0.05) is 38.2 Å². The maximum atomic E-state index is 13.8. The van der Waals surface area contributed by atoms with Crippen LogP contribution in [-0.4, -0.2) is 50.3 Å². The number of carbonyl (C=O) groups excluding carboxylic acids is 2. The average Bonchev–Trinajstić information content (AvgIpc) is 2.97. The molecule has 2 aromatic rings. The minimum absolute atomic E-state index is 0.0554. The lowest BCUT2D eigenvalue weighted by atomic mass is 10.1. The Kier molecular flexibility index (Phi) is 6.70. The molecule has 2 aromatic carbocycles. The summed E-state index contributed by atoms with van der Waals surface area (Å²) in [5, 5.41) is 0.972. The van der Waals surface area contributed by atoms with E-state index in [0.717, 1.165) is 42.6 Å². The molecule has 2 aliphatic heterocycles. The summed E-state index contributed by atoms with van der Waals surface area (Å²) in [6, 6.07) is 13.2. The van der Waals surface area contributed by atoms with E-state index in [-0.39, 0.29) is 11.9 Å². The predicted molar refractivity (Wildman–Crippen MR) is 134 cm³/mol. The van der Waals surface area contributed by atoms with E-state index in [2.05, 4.69) is 16.8 Å². The van der Waals surface area contributed by atoms with Crippen LogP contribution in [0.15, 0.2) is 42.5 Å². The Morgan fingerprint density at radius 3 is 2.31 bits per heavy atom. The highest BCUT2D eigenvalue weighted by Gasteiger charge is 2.47. The standard InChI is InChI=1S/C24H30N3O3PS/c1-4-30-24(29)18-9-11-19(12-10-18)27-23(28)21-17-20(25(2)3)13-14-22(21)31(27,32)26-15-7-5-6-8-16-26/h9-14,17H,4-8,15-16H2,1-3H3/t31-/m1/s1. The molecule has 0 aliphatic carbocycles. The predicted octanol–water partition coefficient (Wildman–Crippen LogP) is 4.40. The number of ether oxygens (including phenoxy) is 1. The summed E-state index contributed by atoms with van der Waals surface area (Å²) in [6.45, 7) is 3.91. The molecule has 1 atom stereocenters. The molecular weight excluding hydrogens is 441 g/mol. The third-order valence-corrected chi connectivity index (χ3v) is 11.0. The van der Waals surface area contributed by atoms with Crippen molar-refractivity contribution in [2.24, 2.45) is 0 Å². The van der Waals surface area contributed by atoms with Gasteiger partial charge in [-0.3, -0.25) is 14.1 Å². The van der Waals surface area contributed by atoms with Gasteiger partial charge < -0.3 is 9.64 Å². The Balaban J connectivity index is 1.81. The summed E-state index contributed by atoms with van der Waals surface area (Å²) < 4.78 is 9.33. The van der Waals surface area contributed by atoms with Crippen LogP contribution < -0.4 is 14.9 Å². The van der Waals surface area contributed by atoms with Gasteiger partial charge in [-0.25, -0.2) is 4.79 Å². The number of carbonyl (C=O) groups is 2. The molecule has 6 nitrogen and oxygen atoms in total. The van der Waals surface area contributed by atoms with Crippen LogP contribution >= 0.6 is 6.34 Å². The second kappa shape index (κ2) is 9.34. The lowest BCUT2D eigenvalue weighted by Crippen LogP contribution is -2.34. The van der Waals surface area contributed by atoms with Gasteiger partial charge in [0.2, 0.25) is 0 Å². The van der Waals surface area contributed by atoms with Crippen molar-refractivity contribution in [1.82, 2.24) is 4.67 Å². The average molecular weight is 472 g/mol. The molecule has 0 aromatic heterocycles. The van der Waals surface area contributed by atoms with E-state index in [9.17, 15) is 9.59 Å². The Bertz CT molecular complexity index is 1060. The molecule has 2 aliphatic rings. The fourth-order valence-electron chi connectivity index (χ4n) is 4.40. The van der Waals surface area contributed by atoms with E-state index >= 15 is 0 Å². The minimum Gasteiger partial charge on any atom is -0.462 e. The third kappa shape index (κ3) is 3.98. The highest BCUT2D eigenvalue weighted by atomic mass is 32.4. The van der Waals surface area contributed by atoms with Crippen LogP contribution in [0.2, 0.25) is 0 Å². The fourth-order valence-corrected chi connectivity index (χ4v) is 9.02. The van der Waals surface area contributed by atoms with E-state index in [1.165, 1.54) is 12.8 Å². The van der Waals surface area contributed by atoms with Crippen LogP contribution in [0.4, 0.5) is 11.4 Å². The van der Waals surface area contributed by atoms with Gasteiger partial charge >= 0.3 is 5.97 Å². The highest BCUT2D eigenvalue weighted by Crippen LogP contribution is 2.60. The van der Waals surface area contributed by atoms with Crippen LogP contribution in [-0.2, 0) is 16.5 Å². The van der Waals surface area contributed by atoms with Gasteiger partial charge in [-0.2, -0.15) is 0 Å². The molecule has 0 spiro atoms. The Labute approximate surface area is 195 Å². The monoisotopic (exact) mass is 471 g/mol. The second-order valence-electron chi connectivity index (χ2n) is 8.39. The number of nitrogens with zero attached hydrogens (tertiary/aromatic N) is 3. The Morgan fingerprint density at radius 2 is 1.72 bits per heavy atom. The van der Waals surface area contributed by atoms with Gasteiger partial charge in [-0.05, 0) is 62.2 Å². The first kappa shape index (κ1) is 23.0. The van der Waals surface area contributed by atoms with Crippen molar-refractivity contribution in [1.29, 1.82) is 0 Å². The summed E-state index contributed by atoms with van der Waals surface area (Å²) in [5.41, 5.74) is 2.88. The summed E-state index contributed by atoms with van der Waals surface area (Å²) in [7, 11) is 3.94. The molecule has 2 heterocycles. The first-order chi connectivity index (χ1) is 15.4. The zero-order valence-electron chi connectivity index (χ0n) is 18.9. The van der Waals surface area contributed by atoms with Crippen LogP contribution in [0.1, 0.15) is 53.3 Å². The van der Waals surface area contributed by atoms with Crippen molar-refractivity contribution in [3.63, 3.8) is 0 Å². The van der Waals surface area contributed by atoms with E-state index in [1.807, 2.05) is 41.9 Å². The van der Waals surface area contributed by atoms with E-state index in [0.29, 0.717) is 17.7 Å². The van der Waals surface area contributed by atoms with Crippen molar-refractivity contribution in [3.05, 3.63) is 53.6 Å². The molecule has 4 rings (SSSR count). The number of amides is 1. The molecule has 0 bridgehead atoms. The van der Waals surface area contributed by atoms with Crippen molar-refractivity contribution in [3.8, 4) is 0 Å². The van der Waals surface area contributed by atoms with Crippen molar-refractivity contribution in [2.75, 3.05) is 43.4 Å². The lowest BCUT2D eigenvalue weighted by Gasteiger charge is -2.38. The second-order valence-corrected chi connectivity index (χ2v) is 12.5. The maximum absolute atomic E-state index is 13.8. The van der Waals surface area contributed by atoms with Crippen LogP contribution in [0.5, 0.6) is 0 Å². The zero-order valence-corrected chi connectivity index (χ0v) is 20.6. The molecule has 32 heavy (non-hydrogen) atoms. The first-order valence-corrected chi connectivity index (χ1v) is 13.9. The van der Waals surface area contributed by atoms with Gasteiger partial charge in [0.05, 0.1) is 23.4 Å². The van der Waals surface area contributed by atoms with Gasteiger partial charge in [-0.15, -0.1) is 0 Å². The number of rotatable bonds is 5. The molecule has 1 fully saturated rings. The quantitative estimate of drug-likeness (QED) is 0.476. The number of esters is 1. The van der Waals surface area contributed by atoms with E-state index < -0.39 is 6.34 Å². The zero-order chi connectivity index (χ0) is 22.9. The molecular formula is C24H30N3O3PS. The lowest BCUT2D eigenvalue weighted by molar-refractivity contribution is 0.0526. The van der Waals surface area contributed by atoms with E-state index in [1.54, 1.807) is 19.1 Å². The molecule has 0 radical (unpaired) electrons. The van der Waals surface area contributed by atoms with Crippen LogP contribution in [0, 0.1) is 0 Å². The minimum atomic E-state index is -2.54. The summed E-state index contributed by atoms with van der Waals surface area (Å²) in [4.78, 5) is 27.9. The van der Waals surface area contributed by atoms with Gasteiger partial charge in [0.25, 0.3) is 5.91 Å². The molecule has 1 saturated heterocycles. The SMILES string of the molecule is CCOC(=O)c1ccc(N2C(=O)c3cc(N(C)C)ccc3[P@@]2(=S)N2CCCCCC2)cc1. The van der Waals surface area contributed by atoms with Gasteiger partial charge in [0.1, 0.15) is 6.34 Å². The molecule has 0 unspecified atom stereocenters. The molecule has 0 saturated carbocycles. The number of anilines is 2. The molecule has 1 amide bonds. The maximum Gasteiger partial charge on any atom is 0.338 e. The molecule has 0 N–H and O–H groups in total. The molecule has 8 heteroatoms. The van der Waals surface area contributed by atoms with Crippen LogP contribution in [0.3, 0.4) is 0 Å². The topological polar surface area (TPSA) is 53.1 Å². The highest BCUT2D eigenvalue weighted by molar-refractivity contribution is 8.18. The van der Waals surface area contributed by atoms with Gasteiger partial charge in [0.15, 0.2) is 0 Å². The van der Waals surface area contributed by atoms with Crippen molar-refractivity contribution >= 4 is 46.7 Å². The summed E-state index contributed by atoms with van der Waals surface area (Å²) in [5.74, 6) is -0.419. The van der Waals surface area contributed by atoms with Crippen molar-refractivity contribution in [2.45, 2.75) is 32.6 Å². The summed E-state index contributed by atoms with van der Waals surface area (Å²) in [6.07, 6.45) is 2.03. The number of fused-ring (bicyclic) bond motifs is 1. The number of hydrogen-bond acceptors (Lipinski definition) is 5. The normalized spacial score (nSPS) is 21.2. The Hall–Kier alpha value is -2.21. The van der Waals surface area contributed by atoms with E-state index in [4.69, 9.17) is 16.5 Å². The van der Waals surface area contributed by atoms with Crippen molar-refractivity contribution < 1.29 is 14.3 Å². The third-order valence-electron chi connectivity index (χ3n) is 6.09. The van der Waals surface area contributed by atoms with Crippen LogP contribution in [0.25, 0.3) is 0 Å². The summed E-state index contributed by atoms with van der Waals surface area (Å²) >= 11 is 6.45. The number of hydrogen-bond donors (Lipinski definition) is 0. The fraction of sp³-hybridized carbons (Fsp3) is 0.417. The Morgan fingerprint density at radius 1 is 1.06 bits per heavy atom. The number of benzene rings is 2. The smallest absolute Gasteiger partial charge is 0.338 e.